The van der Waals surface area contributed by atoms with Crippen LogP contribution in [0.25, 0.3) is 0 Å². The van der Waals surface area contributed by atoms with Gasteiger partial charge in [0.2, 0.25) is 5.91 Å². The van der Waals surface area contributed by atoms with Gasteiger partial charge in [-0.25, -0.2) is 0 Å². The third-order valence-electron chi connectivity index (χ3n) is 0.694. The topological polar surface area (TPSA) is 29.1 Å². The maximum Gasteiger partial charge on any atom is 0.216 e. The van der Waals surface area contributed by atoms with Crippen LogP contribution in [0.15, 0.2) is 0 Å². The molecule has 0 rings (SSSR count). The summed E-state index contributed by atoms with van der Waals surface area (Å²) in [5.41, 5.74) is 0. The fourth-order valence-corrected chi connectivity index (χ4v) is 0.606. The first-order valence-electron chi connectivity index (χ1n) is 2.50. The zero-order chi connectivity index (χ0) is 7.28. The molecule has 0 saturated heterocycles. The first kappa shape index (κ1) is 9.29. The van der Waals surface area contributed by atoms with Gasteiger partial charge in [-0.3, -0.25) is 4.79 Å². The van der Waals surface area contributed by atoms with E-state index in [1.807, 2.05) is 0 Å². The quantitative estimate of drug-likeness (QED) is 0.463. The van der Waals surface area contributed by atoms with Gasteiger partial charge in [0, 0.05) is 13.5 Å². The van der Waals surface area contributed by atoms with Crippen molar-refractivity contribution in [1.29, 1.82) is 0 Å². The zero-order valence-electron chi connectivity index (χ0n) is 5.06. The molecule has 1 N–H and O–H groups in total. The van der Waals surface area contributed by atoms with Gasteiger partial charge >= 0.3 is 0 Å². The average Bonchev–Trinajstić information content (AvgIpc) is 1.83. The van der Waals surface area contributed by atoms with Crippen LogP contribution in [0.2, 0.25) is 0 Å². The zero-order valence-corrected chi connectivity index (χ0v) is 8.03. The molecule has 9 heavy (non-hydrogen) atoms. The number of hydrogen-bond donors (Lipinski definition) is 1. The van der Waals surface area contributed by atoms with Crippen LogP contribution >= 0.6 is 34.8 Å². The second-order valence-electron chi connectivity index (χ2n) is 1.59. The highest BCUT2D eigenvalue weighted by molar-refractivity contribution is 14.1. The molecule has 1 unspecified atom stereocenters. The molecule has 0 saturated carbocycles. The minimum Gasteiger partial charge on any atom is -0.355 e. The number of halogens is 1. The lowest BCUT2D eigenvalue weighted by atomic mass is 10.5. The van der Waals surface area contributed by atoms with Gasteiger partial charge in [-0.15, -0.1) is 0 Å². The van der Waals surface area contributed by atoms with E-state index in [2.05, 4.69) is 40.1 Å². The molecule has 0 aliphatic carbocycles. The van der Waals surface area contributed by atoms with E-state index in [0.29, 0.717) is 6.54 Å². The molecule has 0 radical (unpaired) electrons. The Balaban J connectivity index is 3.26. The molecule has 0 aromatic carbocycles. The first-order valence-corrected chi connectivity index (χ1v) is 4.22. The number of rotatable bonds is 3. The summed E-state index contributed by atoms with van der Waals surface area (Å²) in [5, 5.41) is 4.29. The lowest BCUT2D eigenvalue weighted by Gasteiger charge is -2.01. The SMILES string of the molecule is CC(=O)NCC(I)C=S. The predicted molar refractivity (Wildman–Crippen MR) is 50.1 cm³/mol. The van der Waals surface area contributed by atoms with Gasteiger partial charge in [0.05, 0.1) is 3.92 Å². The van der Waals surface area contributed by atoms with E-state index < -0.39 is 0 Å². The van der Waals surface area contributed by atoms with Gasteiger partial charge in [-0.2, -0.15) is 0 Å². The molecule has 52 valence electrons. The summed E-state index contributed by atoms with van der Waals surface area (Å²) in [7, 11) is 0. The monoisotopic (exact) mass is 257 g/mol. The van der Waals surface area contributed by atoms with E-state index in [4.69, 9.17) is 0 Å². The highest BCUT2D eigenvalue weighted by Gasteiger charge is 1.97. The summed E-state index contributed by atoms with van der Waals surface area (Å²) in [6.45, 7) is 2.13. The molecule has 4 heteroatoms. The van der Waals surface area contributed by atoms with Crippen molar-refractivity contribution in [3.8, 4) is 0 Å². The van der Waals surface area contributed by atoms with Crippen molar-refractivity contribution in [2.75, 3.05) is 6.54 Å². The number of nitrogens with one attached hydrogen (secondary N) is 1. The fourth-order valence-electron chi connectivity index (χ4n) is 0.289. The highest BCUT2D eigenvalue weighted by Crippen LogP contribution is 1.93. The predicted octanol–water partition coefficient (Wildman–Crippen LogP) is 0.926. The van der Waals surface area contributed by atoms with E-state index in [-0.39, 0.29) is 9.83 Å². The Morgan fingerprint density at radius 2 is 2.56 bits per heavy atom. The first-order chi connectivity index (χ1) is 4.16. The molecule has 0 aromatic rings. The Kier molecular flexibility index (Phi) is 5.27. The fraction of sp³-hybridized carbons (Fsp3) is 0.600. The lowest BCUT2D eigenvalue weighted by molar-refractivity contribution is -0.118. The van der Waals surface area contributed by atoms with Gasteiger partial charge in [-0.1, -0.05) is 34.8 Å². The van der Waals surface area contributed by atoms with Crippen LogP contribution in [-0.2, 0) is 4.79 Å². The molecule has 1 atom stereocenters. The summed E-state index contributed by atoms with van der Waals surface area (Å²) < 4.78 is 0.265. The minimum absolute atomic E-state index is 0.00600. The Bertz CT molecular complexity index is 118. The van der Waals surface area contributed by atoms with Crippen molar-refractivity contribution < 1.29 is 4.79 Å². The van der Waals surface area contributed by atoms with Crippen LogP contribution in [0.5, 0.6) is 0 Å². The summed E-state index contributed by atoms with van der Waals surface area (Å²) >= 11 is 6.81. The van der Waals surface area contributed by atoms with Crippen LogP contribution < -0.4 is 5.32 Å². The Morgan fingerprint density at radius 1 is 2.00 bits per heavy atom. The van der Waals surface area contributed by atoms with Gasteiger partial charge in [0.15, 0.2) is 0 Å². The van der Waals surface area contributed by atoms with E-state index in [0.717, 1.165) is 0 Å². The van der Waals surface area contributed by atoms with E-state index in [9.17, 15) is 4.79 Å². The number of thiocarbonyl (C=S) groups is 1. The molecular formula is C5H8INOS. The Morgan fingerprint density at radius 3 is 2.89 bits per heavy atom. The van der Waals surface area contributed by atoms with Crippen LogP contribution in [0.1, 0.15) is 6.92 Å². The number of hydrogen-bond acceptors (Lipinski definition) is 2. The van der Waals surface area contributed by atoms with E-state index in [1.165, 1.54) is 6.92 Å². The number of alkyl halides is 1. The molecule has 0 fully saturated rings. The standard InChI is InChI=1S/C5H8INOS/c1-4(8)7-2-5(6)3-9/h3,5H,2H2,1H3,(H,7,8). The van der Waals surface area contributed by atoms with Crippen molar-refractivity contribution in [2.45, 2.75) is 10.8 Å². The molecule has 0 aliphatic rings. The largest absolute Gasteiger partial charge is 0.355 e. The van der Waals surface area contributed by atoms with Gasteiger partial charge < -0.3 is 5.32 Å². The van der Waals surface area contributed by atoms with Gasteiger partial charge in [-0.05, 0) is 5.37 Å². The second-order valence-corrected chi connectivity index (χ2v) is 3.46. The number of carbonyl (C=O) groups excluding carboxylic acids is 1. The van der Waals surface area contributed by atoms with Crippen molar-refractivity contribution in [3.63, 3.8) is 0 Å². The minimum atomic E-state index is -0.00600. The summed E-state index contributed by atoms with van der Waals surface area (Å²) in [6.07, 6.45) is 0. The molecule has 2 nitrogen and oxygen atoms in total. The van der Waals surface area contributed by atoms with Gasteiger partial charge in [0.1, 0.15) is 0 Å². The van der Waals surface area contributed by atoms with Crippen LogP contribution in [-0.4, -0.2) is 21.7 Å². The van der Waals surface area contributed by atoms with Crippen LogP contribution in [0.3, 0.4) is 0 Å². The van der Waals surface area contributed by atoms with E-state index >= 15 is 0 Å². The summed E-state index contributed by atoms with van der Waals surface area (Å²) in [6, 6.07) is 0. The molecule has 0 bridgehead atoms. The number of carbonyl (C=O) groups is 1. The third kappa shape index (κ3) is 6.17. The second kappa shape index (κ2) is 5.10. The third-order valence-corrected chi connectivity index (χ3v) is 2.31. The van der Waals surface area contributed by atoms with Crippen molar-refractivity contribution >= 4 is 46.1 Å². The van der Waals surface area contributed by atoms with Crippen LogP contribution in [0, 0.1) is 0 Å². The molecule has 0 aliphatic heterocycles. The van der Waals surface area contributed by atoms with Gasteiger partial charge in [0.25, 0.3) is 0 Å². The summed E-state index contributed by atoms with van der Waals surface area (Å²) in [4.78, 5) is 10.3. The van der Waals surface area contributed by atoms with Crippen LogP contribution in [0.4, 0.5) is 0 Å². The molecule has 0 heterocycles. The summed E-state index contributed by atoms with van der Waals surface area (Å²) in [5.74, 6) is -0.00600. The average molecular weight is 257 g/mol. The van der Waals surface area contributed by atoms with Crippen molar-refractivity contribution in [3.05, 3.63) is 0 Å². The number of amides is 1. The Hall–Kier alpha value is 0.290. The van der Waals surface area contributed by atoms with Crippen molar-refractivity contribution in [2.24, 2.45) is 0 Å². The Labute approximate surface area is 73.5 Å². The smallest absolute Gasteiger partial charge is 0.216 e. The maximum absolute atomic E-state index is 10.3. The highest BCUT2D eigenvalue weighted by atomic mass is 127. The molecular weight excluding hydrogens is 249 g/mol. The molecule has 1 amide bonds. The maximum atomic E-state index is 10.3. The molecule has 0 aromatic heterocycles. The van der Waals surface area contributed by atoms with Crippen molar-refractivity contribution in [1.82, 2.24) is 5.32 Å². The normalized spacial score (nSPS) is 12.2. The lowest BCUT2D eigenvalue weighted by Crippen LogP contribution is -2.27. The van der Waals surface area contributed by atoms with E-state index in [1.54, 1.807) is 5.37 Å². The molecule has 0 spiro atoms.